The number of nitrogens with one attached hydrogen (secondary N) is 1. The second kappa shape index (κ2) is 7.56. The van der Waals surface area contributed by atoms with Crippen LogP contribution in [-0.2, 0) is 6.42 Å². The van der Waals surface area contributed by atoms with E-state index in [1.54, 1.807) is 0 Å². The maximum Gasteiger partial charge on any atom is 0.270 e. The molecule has 4 nitrogen and oxygen atoms in total. The van der Waals surface area contributed by atoms with Gasteiger partial charge < -0.3 is 11.1 Å². The zero-order valence-corrected chi connectivity index (χ0v) is 14.6. The van der Waals surface area contributed by atoms with Gasteiger partial charge in [-0.1, -0.05) is 20.8 Å². The molecule has 1 fully saturated rings. The lowest BCUT2D eigenvalue weighted by atomic mass is 9.70. The van der Waals surface area contributed by atoms with Gasteiger partial charge in [0, 0.05) is 17.8 Å². The first kappa shape index (κ1) is 18.4. The largest absolute Gasteiger partial charge is 0.348 e. The first-order valence-electron chi connectivity index (χ1n) is 7.36. The average molecular weight is 332 g/mol. The molecule has 2 atom stereocenters. The Morgan fingerprint density at radius 2 is 2.29 bits per heavy atom. The quantitative estimate of drug-likeness (QED) is 0.891. The predicted octanol–water partition coefficient (Wildman–Crippen LogP) is 3.01. The maximum absolute atomic E-state index is 12.2. The molecule has 3 N–H and O–H groups in total. The molecule has 0 bridgehead atoms. The van der Waals surface area contributed by atoms with Crippen LogP contribution in [0.2, 0.25) is 0 Å². The Morgan fingerprint density at radius 3 is 2.90 bits per heavy atom. The Morgan fingerprint density at radius 1 is 1.57 bits per heavy atom. The highest BCUT2D eigenvalue weighted by Crippen LogP contribution is 2.38. The predicted molar refractivity (Wildman–Crippen MR) is 90.2 cm³/mol. The van der Waals surface area contributed by atoms with Gasteiger partial charge in [0.1, 0.15) is 5.69 Å². The molecule has 0 saturated heterocycles. The molecule has 2 unspecified atom stereocenters. The molecule has 6 heteroatoms. The van der Waals surface area contributed by atoms with Crippen LogP contribution in [0.1, 0.15) is 55.5 Å². The standard InChI is InChI=1S/C15H25N3OS.ClH/c1-10-8-15(2,3)6-4-11(10)18-14(19)12-9-20-13(17-12)5-7-16;/h9-11H,4-8,16H2,1-3H3,(H,18,19);1H. The minimum absolute atomic E-state index is 0. The SMILES string of the molecule is CC1CC(C)(C)CCC1NC(=O)c1csc(CCN)n1.Cl. The summed E-state index contributed by atoms with van der Waals surface area (Å²) in [6.45, 7) is 7.41. The molecule has 1 aromatic heterocycles. The topological polar surface area (TPSA) is 68.0 Å². The number of aromatic nitrogens is 1. The molecule has 120 valence electrons. The van der Waals surface area contributed by atoms with Crippen molar-refractivity contribution in [1.29, 1.82) is 0 Å². The van der Waals surface area contributed by atoms with E-state index in [1.807, 2.05) is 5.38 Å². The summed E-state index contributed by atoms with van der Waals surface area (Å²) in [5.74, 6) is 0.478. The molecule has 0 aliphatic heterocycles. The van der Waals surface area contributed by atoms with E-state index in [4.69, 9.17) is 5.73 Å². The van der Waals surface area contributed by atoms with E-state index < -0.39 is 0 Å². The first-order chi connectivity index (χ1) is 9.41. The Labute approximate surface area is 137 Å². The van der Waals surface area contributed by atoms with Crippen LogP contribution < -0.4 is 11.1 Å². The highest BCUT2D eigenvalue weighted by molar-refractivity contribution is 7.09. The minimum atomic E-state index is -0.0407. The van der Waals surface area contributed by atoms with Crippen LogP contribution in [0.15, 0.2) is 5.38 Å². The van der Waals surface area contributed by atoms with E-state index in [2.05, 4.69) is 31.1 Å². The molecule has 1 aliphatic rings. The van der Waals surface area contributed by atoms with Crippen molar-refractivity contribution in [2.75, 3.05) is 6.54 Å². The first-order valence-corrected chi connectivity index (χ1v) is 8.24. The second-order valence-corrected chi connectivity index (χ2v) is 7.57. The Kier molecular flexibility index (Phi) is 6.63. The Balaban J connectivity index is 0.00000220. The molecule has 1 saturated carbocycles. The third-order valence-electron chi connectivity index (χ3n) is 4.15. The van der Waals surface area contributed by atoms with Crippen molar-refractivity contribution in [3.63, 3.8) is 0 Å². The van der Waals surface area contributed by atoms with Crippen LogP contribution in [0.25, 0.3) is 0 Å². The molecule has 1 aromatic rings. The Hall–Kier alpha value is -0.650. The van der Waals surface area contributed by atoms with Gasteiger partial charge in [0.15, 0.2) is 0 Å². The number of thiazole rings is 1. The number of nitrogens with two attached hydrogens (primary N) is 1. The fourth-order valence-corrected chi connectivity index (χ4v) is 3.85. The van der Waals surface area contributed by atoms with E-state index >= 15 is 0 Å². The second-order valence-electron chi connectivity index (χ2n) is 6.63. The van der Waals surface area contributed by atoms with Crippen LogP contribution in [-0.4, -0.2) is 23.5 Å². The fourth-order valence-electron chi connectivity index (χ4n) is 3.06. The van der Waals surface area contributed by atoms with Gasteiger partial charge in [-0.3, -0.25) is 4.79 Å². The average Bonchev–Trinajstić information content (AvgIpc) is 2.81. The number of amides is 1. The number of rotatable bonds is 4. The molecule has 0 spiro atoms. The Bertz CT molecular complexity index is 475. The van der Waals surface area contributed by atoms with Crippen LogP contribution in [0.5, 0.6) is 0 Å². The zero-order valence-electron chi connectivity index (χ0n) is 13.0. The zero-order chi connectivity index (χ0) is 14.8. The summed E-state index contributed by atoms with van der Waals surface area (Å²) in [7, 11) is 0. The molecule has 1 heterocycles. The van der Waals surface area contributed by atoms with Crippen LogP contribution in [0.3, 0.4) is 0 Å². The third-order valence-corrected chi connectivity index (χ3v) is 5.06. The van der Waals surface area contributed by atoms with Crippen LogP contribution in [0, 0.1) is 11.3 Å². The summed E-state index contributed by atoms with van der Waals surface area (Å²) in [4.78, 5) is 16.6. The summed E-state index contributed by atoms with van der Waals surface area (Å²) in [6.07, 6.45) is 4.12. The van der Waals surface area contributed by atoms with E-state index in [0.717, 1.165) is 30.7 Å². The highest BCUT2D eigenvalue weighted by Gasteiger charge is 2.33. The van der Waals surface area contributed by atoms with E-state index in [1.165, 1.54) is 11.3 Å². The number of hydrogen-bond donors (Lipinski definition) is 2. The lowest BCUT2D eigenvalue weighted by Gasteiger charge is -2.39. The normalized spacial score (nSPS) is 24.2. The monoisotopic (exact) mass is 331 g/mol. The number of halogens is 1. The molecule has 1 aliphatic carbocycles. The van der Waals surface area contributed by atoms with Gasteiger partial charge in [-0.2, -0.15) is 0 Å². The van der Waals surface area contributed by atoms with Crippen molar-refractivity contribution in [3.8, 4) is 0 Å². The van der Waals surface area contributed by atoms with Gasteiger partial charge in [0.25, 0.3) is 5.91 Å². The molecule has 0 radical (unpaired) electrons. The third kappa shape index (κ3) is 4.94. The molecule has 1 amide bonds. The van der Waals surface area contributed by atoms with Crippen molar-refractivity contribution < 1.29 is 4.79 Å². The van der Waals surface area contributed by atoms with Gasteiger partial charge >= 0.3 is 0 Å². The summed E-state index contributed by atoms with van der Waals surface area (Å²) in [5.41, 5.74) is 6.44. The van der Waals surface area contributed by atoms with Gasteiger partial charge in [-0.15, -0.1) is 23.7 Å². The highest BCUT2D eigenvalue weighted by atomic mass is 35.5. The van der Waals surface area contributed by atoms with Gasteiger partial charge in [-0.25, -0.2) is 4.98 Å². The molecule has 0 aromatic carbocycles. The number of nitrogens with zero attached hydrogens (tertiary/aromatic N) is 1. The van der Waals surface area contributed by atoms with Crippen molar-refractivity contribution in [2.45, 2.75) is 52.5 Å². The molecule has 2 rings (SSSR count). The molecule has 21 heavy (non-hydrogen) atoms. The lowest BCUT2D eigenvalue weighted by molar-refractivity contribution is 0.0857. The minimum Gasteiger partial charge on any atom is -0.348 e. The van der Waals surface area contributed by atoms with E-state index in [0.29, 0.717) is 23.6 Å². The van der Waals surface area contributed by atoms with Crippen LogP contribution >= 0.6 is 23.7 Å². The lowest BCUT2D eigenvalue weighted by Crippen LogP contribution is -2.44. The summed E-state index contributed by atoms with van der Waals surface area (Å²) in [5, 5.41) is 5.92. The van der Waals surface area contributed by atoms with E-state index in [-0.39, 0.29) is 24.4 Å². The van der Waals surface area contributed by atoms with Crippen molar-refractivity contribution in [2.24, 2.45) is 17.1 Å². The maximum atomic E-state index is 12.2. The molecular weight excluding hydrogens is 306 g/mol. The summed E-state index contributed by atoms with van der Waals surface area (Å²) in [6, 6.07) is 0.273. The van der Waals surface area contributed by atoms with E-state index in [9.17, 15) is 4.79 Å². The summed E-state index contributed by atoms with van der Waals surface area (Å²) >= 11 is 1.51. The van der Waals surface area contributed by atoms with Crippen LogP contribution in [0.4, 0.5) is 0 Å². The van der Waals surface area contributed by atoms with Crippen molar-refractivity contribution in [3.05, 3.63) is 16.1 Å². The fraction of sp³-hybridized carbons (Fsp3) is 0.733. The number of carbonyl (C=O) groups is 1. The van der Waals surface area contributed by atoms with Gasteiger partial charge in [0.2, 0.25) is 0 Å². The van der Waals surface area contributed by atoms with Crippen molar-refractivity contribution in [1.82, 2.24) is 10.3 Å². The number of carbonyl (C=O) groups excluding carboxylic acids is 1. The smallest absolute Gasteiger partial charge is 0.270 e. The molecular formula is C15H26ClN3OS. The summed E-state index contributed by atoms with van der Waals surface area (Å²) < 4.78 is 0. The van der Waals surface area contributed by atoms with Gasteiger partial charge in [-0.05, 0) is 37.1 Å². The van der Waals surface area contributed by atoms with Gasteiger partial charge in [0.05, 0.1) is 5.01 Å². The number of hydrogen-bond acceptors (Lipinski definition) is 4. The van der Waals surface area contributed by atoms with Crippen molar-refractivity contribution >= 4 is 29.7 Å².